The lowest BCUT2D eigenvalue weighted by molar-refractivity contribution is -0.143. The summed E-state index contributed by atoms with van der Waals surface area (Å²) in [7, 11) is 4.87. The zero-order valence-electron chi connectivity index (χ0n) is 17.0. The number of aryl methyl sites for hydroxylation is 1. The van der Waals surface area contributed by atoms with E-state index < -0.39 is 12.7 Å². The molecule has 1 fully saturated rings. The molecule has 29 heavy (non-hydrogen) atoms. The second kappa shape index (κ2) is 12.3. The summed E-state index contributed by atoms with van der Waals surface area (Å²) in [6.45, 7) is 0.648. The highest BCUT2D eigenvalue weighted by Crippen LogP contribution is 2.27. The lowest BCUT2D eigenvalue weighted by Crippen LogP contribution is -2.45. The Labute approximate surface area is 187 Å². The smallest absolute Gasteiger partial charge is 0.401 e. The lowest BCUT2D eigenvalue weighted by atomic mass is 10.1. The number of rotatable bonds is 8. The van der Waals surface area contributed by atoms with E-state index in [4.69, 9.17) is 9.47 Å². The van der Waals surface area contributed by atoms with Crippen LogP contribution in [0.4, 0.5) is 13.2 Å². The summed E-state index contributed by atoms with van der Waals surface area (Å²) < 4.78 is 48.0. The van der Waals surface area contributed by atoms with Crippen LogP contribution in [0.15, 0.2) is 23.2 Å². The van der Waals surface area contributed by atoms with E-state index in [2.05, 4.69) is 15.6 Å². The number of methoxy groups -OCH3 is 2. The van der Waals surface area contributed by atoms with Gasteiger partial charge in [-0.2, -0.15) is 13.2 Å². The van der Waals surface area contributed by atoms with Gasteiger partial charge in [0.2, 0.25) is 0 Å². The highest BCUT2D eigenvalue weighted by Gasteiger charge is 2.34. The summed E-state index contributed by atoms with van der Waals surface area (Å²) in [5, 5.41) is 6.43. The topological polar surface area (TPSA) is 58.1 Å². The summed E-state index contributed by atoms with van der Waals surface area (Å²) in [5.41, 5.74) is 1.14. The zero-order valence-corrected chi connectivity index (χ0v) is 19.3. The predicted octanol–water partition coefficient (Wildman–Crippen LogP) is 3.06. The molecule has 0 radical (unpaired) electrons. The van der Waals surface area contributed by atoms with E-state index in [1.807, 2.05) is 18.2 Å². The van der Waals surface area contributed by atoms with Crippen LogP contribution in [0.25, 0.3) is 0 Å². The van der Waals surface area contributed by atoms with Gasteiger partial charge in [0.25, 0.3) is 0 Å². The molecule has 0 aromatic heterocycles. The molecule has 1 atom stereocenters. The molecule has 10 heteroatoms. The Hall–Kier alpha value is -1.43. The third-order valence-electron chi connectivity index (χ3n) is 4.62. The minimum atomic E-state index is -4.15. The van der Waals surface area contributed by atoms with E-state index in [1.165, 1.54) is 4.90 Å². The van der Waals surface area contributed by atoms with Gasteiger partial charge in [0, 0.05) is 32.7 Å². The third-order valence-corrected chi connectivity index (χ3v) is 4.62. The molecule has 6 nitrogen and oxygen atoms in total. The fourth-order valence-electron chi connectivity index (χ4n) is 3.27. The number of nitrogens with one attached hydrogen (secondary N) is 2. The number of hydrogen-bond donors (Lipinski definition) is 2. The maximum absolute atomic E-state index is 12.5. The number of likely N-dealkylation sites (tertiary alicyclic amines) is 1. The summed E-state index contributed by atoms with van der Waals surface area (Å²) >= 11 is 0. The molecule has 1 aliphatic rings. The van der Waals surface area contributed by atoms with Gasteiger partial charge in [-0.1, -0.05) is 6.07 Å². The summed E-state index contributed by atoms with van der Waals surface area (Å²) in [4.78, 5) is 5.58. The molecule has 1 heterocycles. The molecule has 0 aliphatic carbocycles. The van der Waals surface area contributed by atoms with Gasteiger partial charge in [-0.3, -0.25) is 9.89 Å². The van der Waals surface area contributed by atoms with Crippen LogP contribution in [0.1, 0.15) is 18.4 Å². The number of halogens is 4. The van der Waals surface area contributed by atoms with Crippen molar-refractivity contribution in [1.82, 2.24) is 15.5 Å². The van der Waals surface area contributed by atoms with Gasteiger partial charge in [-0.05, 0) is 37.0 Å². The molecule has 1 saturated heterocycles. The van der Waals surface area contributed by atoms with Crippen molar-refractivity contribution in [2.45, 2.75) is 31.5 Å². The SMILES string of the molecule is CN=C(NCCCc1ccc(OC)c(OC)c1)NC1CCN(CC(F)(F)F)C1.I. The van der Waals surface area contributed by atoms with Crippen LogP contribution >= 0.6 is 24.0 Å². The maximum atomic E-state index is 12.5. The van der Waals surface area contributed by atoms with Crippen LogP contribution in [0.2, 0.25) is 0 Å². The van der Waals surface area contributed by atoms with Gasteiger partial charge in [-0.15, -0.1) is 24.0 Å². The molecule has 2 N–H and O–H groups in total. The number of alkyl halides is 3. The summed E-state index contributed by atoms with van der Waals surface area (Å²) in [6.07, 6.45) is -1.75. The first-order chi connectivity index (χ1) is 13.3. The number of nitrogens with zero attached hydrogens (tertiary/aromatic N) is 2. The van der Waals surface area contributed by atoms with Crippen molar-refractivity contribution < 1.29 is 22.6 Å². The van der Waals surface area contributed by atoms with Gasteiger partial charge in [0.1, 0.15) is 0 Å². The number of benzene rings is 1. The first kappa shape index (κ1) is 25.6. The monoisotopic (exact) mass is 530 g/mol. The second-order valence-electron chi connectivity index (χ2n) is 6.77. The molecule has 2 rings (SSSR count). The molecule has 0 spiro atoms. The van der Waals surface area contributed by atoms with Crippen molar-refractivity contribution >= 4 is 29.9 Å². The van der Waals surface area contributed by atoms with Crippen molar-refractivity contribution in [3.63, 3.8) is 0 Å². The highest BCUT2D eigenvalue weighted by atomic mass is 127. The Balaban J connectivity index is 0.00000420. The molecule has 1 aromatic carbocycles. The number of aliphatic imine (C=N–C) groups is 1. The number of guanidine groups is 1. The van der Waals surface area contributed by atoms with Crippen molar-refractivity contribution in [2.24, 2.45) is 4.99 Å². The highest BCUT2D eigenvalue weighted by molar-refractivity contribution is 14.0. The largest absolute Gasteiger partial charge is 0.493 e. The van der Waals surface area contributed by atoms with Gasteiger partial charge < -0.3 is 20.1 Å². The quantitative estimate of drug-likeness (QED) is 0.234. The van der Waals surface area contributed by atoms with Gasteiger partial charge in [0.15, 0.2) is 17.5 Å². The molecular formula is C19H30F3IN4O2. The van der Waals surface area contributed by atoms with E-state index in [0.29, 0.717) is 43.5 Å². The first-order valence-electron chi connectivity index (χ1n) is 9.32. The van der Waals surface area contributed by atoms with Crippen LogP contribution in [0.5, 0.6) is 11.5 Å². The Bertz CT molecular complexity index is 659. The average molecular weight is 530 g/mol. The van der Waals surface area contributed by atoms with Crippen LogP contribution in [-0.4, -0.2) is 70.5 Å². The molecular weight excluding hydrogens is 500 g/mol. The fourth-order valence-corrected chi connectivity index (χ4v) is 3.27. The maximum Gasteiger partial charge on any atom is 0.401 e. The average Bonchev–Trinajstić information content (AvgIpc) is 3.08. The Kier molecular flexibility index (Phi) is 10.9. The molecule has 0 amide bonds. The van der Waals surface area contributed by atoms with Crippen molar-refractivity contribution in [3.05, 3.63) is 23.8 Å². The van der Waals surface area contributed by atoms with Gasteiger partial charge >= 0.3 is 6.18 Å². The molecule has 1 unspecified atom stereocenters. The summed E-state index contributed by atoms with van der Waals surface area (Å²) in [6, 6.07) is 5.82. The summed E-state index contributed by atoms with van der Waals surface area (Å²) in [5.74, 6) is 2.02. The normalized spacial score (nSPS) is 17.6. The van der Waals surface area contributed by atoms with Crippen LogP contribution in [-0.2, 0) is 6.42 Å². The van der Waals surface area contributed by atoms with E-state index in [9.17, 15) is 13.2 Å². The zero-order chi connectivity index (χ0) is 20.6. The lowest BCUT2D eigenvalue weighted by Gasteiger charge is -2.19. The molecule has 0 bridgehead atoms. The number of hydrogen-bond acceptors (Lipinski definition) is 4. The molecule has 1 aromatic rings. The molecule has 1 aliphatic heterocycles. The van der Waals surface area contributed by atoms with E-state index in [0.717, 1.165) is 18.4 Å². The number of ether oxygens (including phenoxy) is 2. The van der Waals surface area contributed by atoms with E-state index in [-0.39, 0.29) is 30.0 Å². The fraction of sp³-hybridized carbons (Fsp3) is 0.632. The second-order valence-corrected chi connectivity index (χ2v) is 6.77. The Morgan fingerprint density at radius 2 is 1.97 bits per heavy atom. The van der Waals surface area contributed by atoms with Gasteiger partial charge in [0.05, 0.1) is 20.8 Å². The van der Waals surface area contributed by atoms with E-state index >= 15 is 0 Å². The van der Waals surface area contributed by atoms with Crippen LogP contribution in [0, 0.1) is 0 Å². The van der Waals surface area contributed by atoms with Gasteiger partial charge in [-0.25, -0.2) is 0 Å². The standard InChI is InChI=1S/C19H29F3N4O2.HI/c1-23-18(25-15-8-10-26(12-15)13-19(20,21)22)24-9-4-5-14-6-7-16(27-2)17(11-14)28-3;/h6-7,11,15H,4-5,8-10,12-13H2,1-3H3,(H2,23,24,25);1H. The Morgan fingerprint density at radius 3 is 2.59 bits per heavy atom. The van der Waals surface area contributed by atoms with Crippen LogP contribution in [0.3, 0.4) is 0 Å². The first-order valence-corrected chi connectivity index (χ1v) is 9.32. The predicted molar refractivity (Wildman–Crippen MR) is 119 cm³/mol. The molecule has 166 valence electrons. The third kappa shape index (κ3) is 8.85. The van der Waals surface area contributed by atoms with Crippen LogP contribution < -0.4 is 20.1 Å². The van der Waals surface area contributed by atoms with E-state index in [1.54, 1.807) is 21.3 Å². The minimum absolute atomic E-state index is 0. The molecule has 0 saturated carbocycles. The van der Waals surface area contributed by atoms with Crippen molar-refractivity contribution in [1.29, 1.82) is 0 Å². The van der Waals surface area contributed by atoms with Crippen molar-refractivity contribution in [3.8, 4) is 11.5 Å². The minimum Gasteiger partial charge on any atom is -0.493 e. The van der Waals surface area contributed by atoms with Crippen molar-refractivity contribution in [2.75, 3.05) is 47.4 Å². The Morgan fingerprint density at radius 1 is 1.24 bits per heavy atom.